The molecule has 0 aliphatic carbocycles. The highest BCUT2D eigenvalue weighted by Gasteiger charge is 2.27. The molecule has 1 aliphatic heterocycles. The van der Waals surface area contributed by atoms with Gasteiger partial charge in [-0.1, -0.05) is 32.0 Å². The van der Waals surface area contributed by atoms with Crippen LogP contribution in [0.3, 0.4) is 0 Å². The molecule has 0 unspecified atom stereocenters. The first-order chi connectivity index (χ1) is 10.1. The fraction of sp³-hybridized carbons (Fsp3) is 0.647. The van der Waals surface area contributed by atoms with Crippen LogP contribution >= 0.6 is 0 Å². The fourth-order valence-corrected chi connectivity index (χ4v) is 3.12. The Balaban J connectivity index is 1.96. The van der Waals surface area contributed by atoms with Crippen LogP contribution in [-0.2, 0) is 6.54 Å². The van der Waals surface area contributed by atoms with E-state index in [2.05, 4.69) is 23.6 Å². The lowest BCUT2D eigenvalue weighted by atomic mass is 10.1. The van der Waals surface area contributed by atoms with Gasteiger partial charge >= 0.3 is 0 Å². The minimum absolute atomic E-state index is 0.240. The number of benzene rings is 1. The van der Waals surface area contributed by atoms with Crippen molar-refractivity contribution < 1.29 is 10.2 Å². The maximum Gasteiger partial charge on any atom is 0.120 e. The molecule has 21 heavy (non-hydrogen) atoms. The van der Waals surface area contributed by atoms with Crippen LogP contribution in [-0.4, -0.2) is 58.8 Å². The highest BCUT2D eigenvalue weighted by molar-refractivity contribution is 5.31. The van der Waals surface area contributed by atoms with Gasteiger partial charge in [-0.3, -0.25) is 9.80 Å². The summed E-state index contributed by atoms with van der Waals surface area (Å²) < 4.78 is 0. The maximum absolute atomic E-state index is 9.90. The summed E-state index contributed by atoms with van der Waals surface area (Å²) >= 11 is 0. The Bertz CT molecular complexity index is 437. The lowest BCUT2D eigenvalue weighted by Gasteiger charge is -2.42. The number of para-hydroxylation sites is 1. The quantitative estimate of drug-likeness (QED) is 0.841. The Kier molecular flexibility index (Phi) is 6.03. The monoisotopic (exact) mass is 292 g/mol. The molecule has 1 aromatic carbocycles. The van der Waals surface area contributed by atoms with E-state index in [0.29, 0.717) is 17.7 Å². The number of hydrogen-bond donors (Lipinski definition) is 2. The molecule has 0 radical (unpaired) electrons. The number of aromatic hydroxyl groups is 1. The third kappa shape index (κ3) is 4.70. The molecule has 1 aromatic rings. The standard InChI is InChI=1S/C17H28N2O2/c1-14(2)11-19-9-8-18(13-16(19)7-10-20)12-15-5-3-4-6-17(15)21/h3-6,14,16,20-21H,7-13H2,1-2H3/t16-/m0/s1. The SMILES string of the molecule is CC(C)CN1CCN(Cc2ccccc2O)C[C@@H]1CCO. The van der Waals surface area contributed by atoms with Gasteiger partial charge in [0.25, 0.3) is 0 Å². The topological polar surface area (TPSA) is 46.9 Å². The smallest absolute Gasteiger partial charge is 0.120 e. The van der Waals surface area contributed by atoms with Gasteiger partial charge in [-0.25, -0.2) is 0 Å². The zero-order valence-corrected chi connectivity index (χ0v) is 13.2. The Morgan fingerprint density at radius 1 is 1.24 bits per heavy atom. The molecule has 0 bridgehead atoms. The van der Waals surface area contributed by atoms with Crippen LogP contribution in [0.15, 0.2) is 24.3 Å². The number of nitrogens with zero attached hydrogens (tertiary/aromatic N) is 2. The molecule has 4 nitrogen and oxygen atoms in total. The van der Waals surface area contributed by atoms with Crippen LogP contribution in [0.5, 0.6) is 5.75 Å². The average molecular weight is 292 g/mol. The maximum atomic E-state index is 9.90. The van der Waals surface area contributed by atoms with E-state index in [-0.39, 0.29) is 6.61 Å². The van der Waals surface area contributed by atoms with Crippen molar-refractivity contribution in [2.24, 2.45) is 5.92 Å². The third-order valence-electron chi connectivity index (χ3n) is 4.14. The van der Waals surface area contributed by atoms with Gasteiger partial charge in [0.15, 0.2) is 0 Å². The second kappa shape index (κ2) is 7.78. The number of piperazine rings is 1. The summed E-state index contributed by atoms with van der Waals surface area (Å²) in [5, 5.41) is 19.2. The number of aliphatic hydroxyl groups is 1. The van der Waals surface area contributed by atoms with Crippen molar-refractivity contribution in [3.05, 3.63) is 29.8 Å². The first kappa shape index (κ1) is 16.3. The molecule has 1 atom stereocenters. The second-order valence-corrected chi connectivity index (χ2v) is 6.42. The van der Waals surface area contributed by atoms with E-state index in [9.17, 15) is 10.2 Å². The van der Waals surface area contributed by atoms with Crippen molar-refractivity contribution >= 4 is 0 Å². The van der Waals surface area contributed by atoms with Gasteiger partial charge in [0.05, 0.1) is 0 Å². The van der Waals surface area contributed by atoms with Gasteiger partial charge in [0.1, 0.15) is 5.75 Å². The summed E-state index contributed by atoms with van der Waals surface area (Å²) in [5.74, 6) is 1.02. The van der Waals surface area contributed by atoms with E-state index in [0.717, 1.165) is 44.7 Å². The summed E-state index contributed by atoms with van der Waals surface area (Å²) in [5.41, 5.74) is 0.984. The molecule has 0 aromatic heterocycles. The van der Waals surface area contributed by atoms with Crippen molar-refractivity contribution in [1.29, 1.82) is 0 Å². The molecule has 2 N–H and O–H groups in total. The summed E-state index contributed by atoms with van der Waals surface area (Å²) in [7, 11) is 0. The minimum Gasteiger partial charge on any atom is -0.508 e. The van der Waals surface area contributed by atoms with E-state index < -0.39 is 0 Å². The highest BCUT2D eigenvalue weighted by atomic mass is 16.3. The van der Waals surface area contributed by atoms with E-state index in [4.69, 9.17) is 0 Å². The third-order valence-corrected chi connectivity index (χ3v) is 4.14. The number of aliphatic hydroxyl groups excluding tert-OH is 1. The molecule has 4 heteroatoms. The summed E-state index contributed by atoms with van der Waals surface area (Å²) in [6.45, 7) is 9.61. The average Bonchev–Trinajstić information content (AvgIpc) is 2.44. The summed E-state index contributed by atoms with van der Waals surface area (Å²) in [6.07, 6.45) is 0.823. The normalized spacial score (nSPS) is 21.0. The first-order valence-corrected chi connectivity index (χ1v) is 7.94. The van der Waals surface area contributed by atoms with Gasteiger partial charge in [-0.2, -0.15) is 0 Å². The van der Waals surface area contributed by atoms with E-state index >= 15 is 0 Å². The molecule has 118 valence electrons. The molecular weight excluding hydrogens is 264 g/mol. The van der Waals surface area contributed by atoms with Gasteiger partial charge in [-0.05, 0) is 18.4 Å². The van der Waals surface area contributed by atoms with Crippen LogP contribution in [0.1, 0.15) is 25.8 Å². The van der Waals surface area contributed by atoms with Crippen molar-refractivity contribution in [3.8, 4) is 5.75 Å². The molecular formula is C17H28N2O2. The number of phenols is 1. The summed E-state index contributed by atoms with van der Waals surface area (Å²) in [6, 6.07) is 7.97. The Labute approximate surface area is 128 Å². The van der Waals surface area contributed by atoms with E-state index in [1.165, 1.54) is 0 Å². The van der Waals surface area contributed by atoms with E-state index in [1.807, 2.05) is 18.2 Å². The number of rotatable bonds is 6. The molecule has 0 spiro atoms. The Morgan fingerprint density at radius 2 is 2.00 bits per heavy atom. The van der Waals surface area contributed by atoms with Crippen LogP contribution in [0.25, 0.3) is 0 Å². The van der Waals surface area contributed by atoms with Crippen LogP contribution < -0.4 is 0 Å². The van der Waals surface area contributed by atoms with E-state index in [1.54, 1.807) is 6.07 Å². The predicted molar refractivity (Wildman–Crippen MR) is 85.3 cm³/mol. The van der Waals surface area contributed by atoms with Crippen LogP contribution in [0.2, 0.25) is 0 Å². The van der Waals surface area contributed by atoms with Gasteiger partial charge < -0.3 is 10.2 Å². The molecule has 0 saturated carbocycles. The zero-order valence-electron chi connectivity index (χ0n) is 13.2. The highest BCUT2D eigenvalue weighted by Crippen LogP contribution is 2.21. The molecule has 1 heterocycles. The Hall–Kier alpha value is -1.10. The lowest BCUT2D eigenvalue weighted by Crippen LogP contribution is -2.53. The van der Waals surface area contributed by atoms with Gasteiger partial charge in [0.2, 0.25) is 0 Å². The molecule has 2 rings (SSSR count). The van der Waals surface area contributed by atoms with Gasteiger partial charge in [-0.15, -0.1) is 0 Å². The lowest BCUT2D eigenvalue weighted by molar-refractivity contribution is 0.0473. The van der Waals surface area contributed by atoms with Crippen LogP contribution in [0, 0.1) is 5.92 Å². The second-order valence-electron chi connectivity index (χ2n) is 6.42. The Morgan fingerprint density at radius 3 is 2.67 bits per heavy atom. The van der Waals surface area contributed by atoms with Crippen molar-refractivity contribution in [2.75, 3.05) is 32.8 Å². The fourth-order valence-electron chi connectivity index (χ4n) is 3.12. The van der Waals surface area contributed by atoms with Crippen molar-refractivity contribution in [1.82, 2.24) is 9.80 Å². The van der Waals surface area contributed by atoms with Crippen molar-refractivity contribution in [2.45, 2.75) is 32.9 Å². The summed E-state index contributed by atoms with van der Waals surface area (Å²) in [4.78, 5) is 4.88. The minimum atomic E-state index is 0.240. The molecule has 1 fully saturated rings. The predicted octanol–water partition coefficient (Wildman–Crippen LogP) is 1.92. The molecule has 0 amide bonds. The van der Waals surface area contributed by atoms with Gasteiger partial charge in [0, 0.05) is 50.9 Å². The number of hydrogen-bond acceptors (Lipinski definition) is 4. The number of phenolic OH excluding ortho intramolecular Hbond substituents is 1. The zero-order chi connectivity index (χ0) is 15.2. The molecule has 1 aliphatic rings. The van der Waals surface area contributed by atoms with Crippen molar-refractivity contribution in [3.63, 3.8) is 0 Å². The molecule has 1 saturated heterocycles. The van der Waals surface area contributed by atoms with Crippen LogP contribution in [0.4, 0.5) is 0 Å². The first-order valence-electron chi connectivity index (χ1n) is 7.94. The largest absolute Gasteiger partial charge is 0.508 e.